The largest absolute Gasteiger partial charge is 0.489 e. The molecule has 0 bridgehead atoms. The van der Waals surface area contributed by atoms with Crippen molar-refractivity contribution in [2.45, 2.75) is 20.3 Å². The number of carbonyl (C=O) groups is 2. The number of ether oxygens (including phenoxy) is 3. The summed E-state index contributed by atoms with van der Waals surface area (Å²) in [6.45, 7) is 3.57. The molecule has 33 heavy (non-hydrogen) atoms. The molecule has 1 aliphatic rings. The fourth-order valence-corrected chi connectivity index (χ4v) is 3.58. The lowest BCUT2D eigenvalue weighted by Crippen LogP contribution is -2.21. The highest BCUT2D eigenvalue weighted by atomic mass is 16.6. The number of nitro benzene ring substituents is 1. The van der Waals surface area contributed by atoms with Crippen molar-refractivity contribution in [1.29, 1.82) is 0 Å². The minimum Gasteiger partial charge on any atom is -0.489 e. The summed E-state index contributed by atoms with van der Waals surface area (Å²) in [5.41, 5.74) is 1.49. The molecule has 12 nitrogen and oxygen atoms in total. The number of aryl methyl sites for hydroxylation is 3. The van der Waals surface area contributed by atoms with Crippen molar-refractivity contribution in [3.05, 3.63) is 45.3 Å². The summed E-state index contributed by atoms with van der Waals surface area (Å²) in [6, 6.07) is 4.09. The topological polar surface area (TPSA) is 148 Å². The number of esters is 1. The Balaban J connectivity index is 1.51. The van der Waals surface area contributed by atoms with Crippen LogP contribution in [0.25, 0.3) is 11.0 Å². The fraction of sp³-hybridized carbons (Fsp3) is 0.333. The van der Waals surface area contributed by atoms with Gasteiger partial charge >= 0.3 is 5.97 Å². The fourth-order valence-electron chi connectivity index (χ4n) is 3.58. The van der Waals surface area contributed by atoms with Gasteiger partial charge in [-0.05, 0) is 19.9 Å². The van der Waals surface area contributed by atoms with E-state index < -0.39 is 23.4 Å². The van der Waals surface area contributed by atoms with Gasteiger partial charge in [-0.1, -0.05) is 0 Å². The second kappa shape index (κ2) is 8.73. The SMILES string of the molecule is Cc1cc(C(=O)OCC(=O)Nc2cc3c(cc2[N+](=O)[O-])OCCCO3)c2c(C)nn(C)c2n1. The summed E-state index contributed by atoms with van der Waals surface area (Å²) in [6.07, 6.45) is 0.623. The third kappa shape index (κ3) is 4.40. The molecule has 0 saturated carbocycles. The molecule has 3 aromatic rings. The van der Waals surface area contributed by atoms with E-state index in [4.69, 9.17) is 14.2 Å². The van der Waals surface area contributed by atoms with E-state index in [9.17, 15) is 19.7 Å². The Bertz CT molecular complexity index is 1280. The molecule has 1 amide bonds. The maximum atomic E-state index is 12.7. The number of benzene rings is 1. The van der Waals surface area contributed by atoms with Crippen LogP contribution in [0.3, 0.4) is 0 Å². The zero-order valence-corrected chi connectivity index (χ0v) is 18.2. The summed E-state index contributed by atoms with van der Waals surface area (Å²) in [5.74, 6) is -0.963. The van der Waals surface area contributed by atoms with Crippen LogP contribution in [0.5, 0.6) is 11.5 Å². The molecule has 12 heteroatoms. The zero-order valence-electron chi connectivity index (χ0n) is 18.2. The number of nitrogens with zero attached hydrogens (tertiary/aromatic N) is 4. The van der Waals surface area contributed by atoms with Crippen molar-refractivity contribution in [3.8, 4) is 11.5 Å². The minimum absolute atomic E-state index is 0.0875. The summed E-state index contributed by atoms with van der Waals surface area (Å²) in [4.78, 5) is 40.4. The molecule has 172 valence electrons. The van der Waals surface area contributed by atoms with Crippen LogP contribution < -0.4 is 14.8 Å². The molecule has 0 saturated heterocycles. The van der Waals surface area contributed by atoms with Gasteiger partial charge in [0.05, 0.1) is 40.8 Å². The Morgan fingerprint density at radius 2 is 1.91 bits per heavy atom. The van der Waals surface area contributed by atoms with Gasteiger partial charge in [-0.2, -0.15) is 5.10 Å². The van der Waals surface area contributed by atoms with E-state index in [-0.39, 0.29) is 28.4 Å². The van der Waals surface area contributed by atoms with Crippen molar-refractivity contribution in [2.75, 3.05) is 25.1 Å². The standard InChI is InChI=1S/C21H21N5O7/c1-11-7-13(19-12(2)24-25(3)20(19)22-11)21(28)33-10-18(27)23-14-8-16-17(9-15(14)26(29)30)32-6-4-5-31-16/h7-9H,4-6,10H2,1-3H3,(H,23,27). The van der Waals surface area contributed by atoms with Crippen LogP contribution in [0.1, 0.15) is 28.2 Å². The van der Waals surface area contributed by atoms with Crippen LogP contribution in [0, 0.1) is 24.0 Å². The van der Waals surface area contributed by atoms with Crippen LogP contribution >= 0.6 is 0 Å². The van der Waals surface area contributed by atoms with Crippen LogP contribution in [0.15, 0.2) is 18.2 Å². The second-order valence-corrected chi connectivity index (χ2v) is 7.47. The van der Waals surface area contributed by atoms with Crippen LogP contribution in [-0.4, -0.2) is 51.4 Å². The number of hydrogen-bond acceptors (Lipinski definition) is 9. The number of fused-ring (bicyclic) bond motifs is 2. The van der Waals surface area contributed by atoms with Gasteiger partial charge in [0.2, 0.25) is 0 Å². The molecule has 1 aromatic carbocycles. The Kier molecular flexibility index (Phi) is 5.82. The normalized spacial score (nSPS) is 12.8. The predicted molar refractivity (Wildman–Crippen MR) is 116 cm³/mol. The van der Waals surface area contributed by atoms with E-state index in [2.05, 4.69) is 15.4 Å². The molecular formula is C21H21N5O7. The van der Waals surface area contributed by atoms with Gasteiger partial charge < -0.3 is 19.5 Å². The van der Waals surface area contributed by atoms with Crippen molar-refractivity contribution < 1.29 is 28.7 Å². The molecule has 0 unspecified atom stereocenters. The molecule has 0 spiro atoms. The van der Waals surface area contributed by atoms with Gasteiger partial charge in [0, 0.05) is 25.2 Å². The third-order valence-electron chi connectivity index (χ3n) is 4.99. The number of aromatic nitrogens is 3. The number of amides is 1. The number of anilines is 1. The highest BCUT2D eigenvalue weighted by Crippen LogP contribution is 2.39. The highest BCUT2D eigenvalue weighted by molar-refractivity contribution is 6.05. The monoisotopic (exact) mass is 455 g/mol. The van der Waals surface area contributed by atoms with E-state index in [0.29, 0.717) is 42.1 Å². The quantitative estimate of drug-likeness (QED) is 0.348. The van der Waals surface area contributed by atoms with Gasteiger partial charge in [0.1, 0.15) is 5.69 Å². The predicted octanol–water partition coefficient (Wildman–Crippen LogP) is 2.45. The lowest BCUT2D eigenvalue weighted by molar-refractivity contribution is -0.384. The van der Waals surface area contributed by atoms with Crippen LogP contribution in [0.2, 0.25) is 0 Å². The van der Waals surface area contributed by atoms with E-state index in [0.717, 1.165) is 0 Å². The average Bonchev–Trinajstić information content (AvgIpc) is 2.92. The van der Waals surface area contributed by atoms with E-state index in [1.165, 1.54) is 12.1 Å². The summed E-state index contributed by atoms with van der Waals surface area (Å²) < 4.78 is 17.7. The Morgan fingerprint density at radius 1 is 1.21 bits per heavy atom. The highest BCUT2D eigenvalue weighted by Gasteiger charge is 2.24. The third-order valence-corrected chi connectivity index (χ3v) is 4.99. The molecule has 0 fully saturated rings. The van der Waals surface area contributed by atoms with E-state index in [1.54, 1.807) is 31.6 Å². The Hall–Kier alpha value is -4.22. The lowest BCUT2D eigenvalue weighted by Gasteiger charge is -2.12. The molecule has 3 heterocycles. The van der Waals surface area contributed by atoms with Crippen molar-refractivity contribution >= 4 is 34.3 Å². The molecule has 0 atom stereocenters. The van der Waals surface area contributed by atoms with Crippen molar-refractivity contribution in [3.63, 3.8) is 0 Å². The zero-order chi connectivity index (χ0) is 23.7. The Morgan fingerprint density at radius 3 is 2.61 bits per heavy atom. The molecule has 1 aliphatic heterocycles. The number of nitro groups is 1. The first-order valence-corrected chi connectivity index (χ1v) is 10.1. The second-order valence-electron chi connectivity index (χ2n) is 7.47. The smallest absolute Gasteiger partial charge is 0.339 e. The summed E-state index contributed by atoms with van der Waals surface area (Å²) >= 11 is 0. The number of hydrogen-bond donors (Lipinski definition) is 1. The average molecular weight is 455 g/mol. The van der Waals surface area contributed by atoms with Crippen molar-refractivity contribution in [1.82, 2.24) is 14.8 Å². The first-order chi connectivity index (χ1) is 15.7. The summed E-state index contributed by atoms with van der Waals surface area (Å²) in [5, 5.41) is 18.7. The van der Waals surface area contributed by atoms with Crippen LogP contribution in [0.4, 0.5) is 11.4 Å². The molecule has 2 aromatic heterocycles. The first kappa shape index (κ1) is 22.0. The van der Waals surface area contributed by atoms with Crippen molar-refractivity contribution in [2.24, 2.45) is 7.05 Å². The number of carbonyl (C=O) groups excluding carboxylic acids is 2. The molecule has 4 rings (SSSR count). The molecule has 0 aliphatic carbocycles. The van der Waals surface area contributed by atoms with Gasteiger partial charge in [0.15, 0.2) is 23.8 Å². The molecule has 1 N–H and O–H groups in total. The molecular weight excluding hydrogens is 434 g/mol. The maximum Gasteiger partial charge on any atom is 0.339 e. The number of nitrogens with one attached hydrogen (secondary N) is 1. The number of rotatable bonds is 5. The van der Waals surface area contributed by atoms with Gasteiger partial charge in [0.25, 0.3) is 11.6 Å². The lowest BCUT2D eigenvalue weighted by atomic mass is 10.1. The van der Waals surface area contributed by atoms with E-state index >= 15 is 0 Å². The first-order valence-electron chi connectivity index (χ1n) is 10.1. The molecule has 0 radical (unpaired) electrons. The summed E-state index contributed by atoms with van der Waals surface area (Å²) in [7, 11) is 1.71. The van der Waals surface area contributed by atoms with Crippen LogP contribution in [-0.2, 0) is 16.6 Å². The maximum absolute atomic E-state index is 12.7. The van der Waals surface area contributed by atoms with Gasteiger partial charge in [-0.25, -0.2) is 9.78 Å². The Labute approximate surface area is 187 Å². The number of pyridine rings is 1. The van der Waals surface area contributed by atoms with E-state index in [1.807, 2.05) is 0 Å². The van der Waals surface area contributed by atoms with Gasteiger partial charge in [-0.3, -0.25) is 19.6 Å². The minimum atomic E-state index is -0.745. The van der Waals surface area contributed by atoms with Gasteiger partial charge in [-0.15, -0.1) is 0 Å².